The van der Waals surface area contributed by atoms with E-state index in [1.54, 1.807) is 0 Å². The minimum absolute atomic E-state index is 0.00662. The minimum atomic E-state index is -0.00662. The summed E-state index contributed by atoms with van der Waals surface area (Å²) >= 11 is 0. The Morgan fingerprint density at radius 2 is 1.94 bits per heavy atom. The van der Waals surface area contributed by atoms with Gasteiger partial charge in [0, 0.05) is 12.6 Å². The predicted molar refractivity (Wildman–Crippen MR) is 71.0 cm³/mol. The third-order valence-corrected chi connectivity index (χ3v) is 4.96. The van der Waals surface area contributed by atoms with Crippen molar-refractivity contribution in [2.45, 2.75) is 51.9 Å². The highest BCUT2D eigenvalue weighted by Gasteiger charge is 2.47. The van der Waals surface area contributed by atoms with E-state index in [-0.39, 0.29) is 12.2 Å². The summed E-state index contributed by atoms with van der Waals surface area (Å²) in [5.74, 6) is 1.52. The largest absolute Gasteiger partial charge is 0.321 e. The fraction of sp³-hybridized carbons (Fsp3) is 0.929. The summed E-state index contributed by atoms with van der Waals surface area (Å²) in [5, 5.41) is 3.47. The van der Waals surface area contributed by atoms with Crippen LogP contribution in [0.25, 0.3) is 0 Å². The number of carbonyl (C=O) groups excluding carboxylic acids is 1. The molecule has 4 aliphatic heterocycles. The number of hydrogen-bond acceptors (Lipinski definition) is 3. The molecule has 1 amide bonds. The molecule has 0 saturated carbocycles. The van der Waals surface area contributed by atoms with E-state index in [1.807, 2.05) is 6.92 Å². The van der Waals surface area contributed by atoms with Crippen LogP contribution < -0.4 is 5.32 Å². The fourth-order valence-electron chi connectivity index (χ4n) is 3.90. The number of rotatable bonds is 2. The Balaban J connectivity index is 1.82. The molecule has 4 heteroatoms. The van der Waals surface area contributed by atoms with Crippen LogP contribution in [0.2, 0.25) is 0 Å². The van der Waals surface area contributed by atoms with Gasteiger partial charge in [-0.15, -0.1) is 0 Å². The van der Waals surface area contributed by atoms with Gasteiger partial charge in [0.15, 0.2) is 0 Å². The minimum Gasteiger partial charge on any atom is -0.321 e. The van der Waals surface area contributed by atoms with Crippen molar-refractivity contribution in [2.75, 3.05) is 19.6 Å². The number of piperidine rings is 3. The standard InChI is InChI=1S/C14H25N3O/c1-9(2)13-15-10(3)14(18)17(13)12-8-16-6-4-11(12)5-7-16/h9-13,15H,4-8H2,1-3H3. The van der Waals surface area contributed by atoms with Gasteiger partial charge in [-0.2, -0.15) is 0 Å². The second-order valence-electron chi connectivity index (χ2n) is 6.53. The summed E-state index contributed by atoms with van der Waals surface area (Å²) < 4.78 is 0. The zero-order chi connectivity index (χ0) is 12.9. The van der Waals surface area contributed by atoms with Crippen LogP contribution in [0.15, 0.2) is 0 Å². The van der Waals surface area contributed by atoms with Gasteiger partial charge in [0.1, 0.15) is 0 Å². The first-order valence-corrected chi connectivity index (χ1v) is 7.38. The van der Waals surface area contributed by atoms with Crippen molar-refractivity contribution in [3.05, 3.63) is 0 Å². The maximum atomic E-state index is 12.4. The Labute approximate surface area is 110 Å². The lowest BCUT2D eigenvalue weighted by Crippen LogP contribution is -2.60. The van der Waals surface area contributed by atoms with Crippen molar-refractivity contribution in [1.29, 1.82) is 0 Å². The highest BCUT2D eigenvalue weighted by Crippen LogP contribution is 2.34. The van der Waals surface area contributed by atoms with Gasteiger partial charge in [-0.25, -0.2) is 0 Å². The first-order valence-electron chi connectivity index (χ1n) is 7.38. The van der Waals surface area contributed by atoms with E-state index >= 15 is 0 Å². The van der Waals surface area contributed by atoms with Crippen LogP contribution in [0.3, 0.4) is 0 Å². The van der Waals surface area contributed by atoms with E-state index in [2.05, 4.69) is 29.0 Å². The van der Waals surface area contributed by atoms with Crippen LogP contribution >= 0.6 is 0 Å². The molecule has 4 rings (SSSR count). The zero-order valence-corrected chi connectivity index (χ0v) is 11.7. The van der Waals surface area contributed by atoms with E-state index in [9.17, 15) is 4.79 Å². The number of amides is 1. The third-order valence-electron chi connectivity index (χ3n) is 4.96. The van der Waals surface area contributed by atoms with Gasteiger partial charge in [-0.1, -0.05) is 13.8 Å². The summed E-state index contributed by atoms with van der Waals surface area (Å²) in [7, 11) is 0. The lowest BCUT2D eigenvalue weighted by Gasteiger charge is -2.49. The topological polar surface area (TPSA) is 35.6 Å². The van der Waals surface area contributed by atoms with Crippen LogP contribution in [0.4, 0.5) is 0 Å². The molecule has 0 radical (unpaired) electrons. The van der Waals surface area contributed by atoms with E-state index < -0.39 is 0 Å². The number of carbonyl (C=O) groups is 1. The summed E-state index contributed by atoms with van der Waals surface area (Å²) in [4.78, 5) is 17.2. The normalized spacial score (nSPS) is 44.1. The van der Waals surface area contributed by atoms with Gasteiger partial charge in [-0.05, 0) is 44.7 Å². The Morgan fingerprint density at radius 1 is 1.28 bits per heavy atom. The molecule has 4 heterocycles. The van der Waals surface area contributed by atoms with E-state index in [4.69, 9.17) is 0 Å². The van der Waals surface area contributed by atoms with Crippen molar-refractivity contribution in [1.82, 2.24) is 15.1 Å². The molecule has 18 heavy (non-hydrogen) atoms. The molecule has 2 bridgehead atoms. The molecule has 4 saturated heterocycles. The van der Waals surface area contributed by atoms with Crippen LogP contribution in [-0.4, -0.2) is 53.6 Å². The Hall–Kier alpha value is -0.610. The average Bonchev–Trinajstić information content (AvgIpc) is 2.67. The van der Waals surface area contributed by atoms with Gasteiger partial charge in [0.2, 0.25) is 5.91 Å². The Kier molecular flexibility index (Phi) is 3.10. The summed E-state index contributed by atoms with van der Waals surface area (Å²) in [6.07, 6.45) is 2.78. The lowest BCUT2D eigenvalue weighted by molar-refractivity contribution is -0.137. The number of fused-ring (bicyclic) bond motifs is 3. The molecule has 0 aromatic carbocycles. The molecule has 4 nitrogen and oxygen atoms in total. The fourth-order valence-corrected chi connectivity index (χ4v) is 3.90. The molecule has 4 fully saturated rings. The maximum Gasteiger partial charge on any atom is 0.241 e. The molecule has 3 unspecified atom stereocenters. The van der Waals surface area contributed by atoms with E-state index in [0.717, 1.165) is 12.5 Å². The van der Waals surface area contributed by atoms with Crippen molar-refractivity contribution < 1.29 is 4.79 Å². The molecule has 3 atom stereocenters. The van der Waals surface area contributed by atoms with Crippen molar-refractivity contribution in [3.8, 4) is 0 Å². The van der Waals surface area contributed by atoms with Gasteiger partial charge >= 0.3 is 0 Å². The molecule has 0 aromatic rings. The first-order chi connectivity index (χ1) is 8.58. The molecular weight excluding hydrogens is 226 g/mol. The van der Waals surface area contributed by atoms with Crippen molar-refractivity contribution >= 4 is 5.91 Å². The predicted octanol–water partition coefficient (Wildman–Crippen LogP) is 0.883. The molecule has 4 aliphatic rings. The van der Waals surface area contributed by atoms with Gasteiger partial charge < -0.3 is 9.80 Å². The summed E-state index contributed by atoms with van der Waals surface area (Å²) in [6, 6.07) is 0.442. The van der Waals surface area contributed by atoms with Crippen LogP contribution in [0.5, 0.6) is 0 Å². The maximum absolute atomic E-state index is 12.4. The van der Waals surface area contributed by atoms with E-state index in [1.165, 1.54) is 25.9 Å². The summed E-state index contributed by atoms with van der Waals surface area (Å²) in [5.41, 5.74) is 0. The van der Waals surface area contributed by atoms with Crippen LogP contribution in [-0.2, 0) is 4.79 Å². The monoisotopic (exact) mass is 251 g/mol. The lowest BCUT2D eigenvalue weighted by atomic mass is 9.82. The van der Waals surface area contributed by atoms with Gasteiger partial charge in [0.05, 0.1) is 12.2 Å². The number of nitrogens with zero attached hydrogens (tertiary/aromatic N) is 2. The third kappa shape index (κ3) is 1.86. The van der Waals surface area contributed by atoms with Crippen molar-refractivity contribution in [3.63, 3.8) is 0 Å². The SMILES string of the molecule is CC1NC(C(C)C)N(C2CN3CCC2CC3)C1=O. The Morgan fingerprint density at radius 3 is 2.44 bits per heavy atom. The van der Waals surface area contributed by atoms with Crippen molar-refractivity contribution in [2.24, 2.45) is 11.8 Å². The second-order valence-corrected chi connectivity index (χ2v) is 6.53. The molecule has 102 valence electrons. The average molecular weight is 251 g/mol. The molecular formula is C14H25N3O. The highest BCUT2D eigenvalue weighted by molar-refractivity contribution is 5.84. The smallest absolute Gasteiger partial charge is 0.241 e. The second kappa shape index (κ2) is 4.49. The van der Waals surface area contributed by atoms with Gasteiger partial charge in [-0.3, -0.25) is 10.1 Å². The molecule has 0 aliphatic carbocycles. The molecule has 0 aromatic heterocycles. The summed E-state index contributed by atoms with van der Waals surface area (Å²) in [6.45, 7) is 9.97. The van der Waals surface area contributed by atoms with Crippen LogP contribution in [0.1, 0.15) is 33.6 Å². The molecule has 0 spiro atoms. The first kappa shape index (κ1) is 12.4. The number of hydrogen-bond donors (Lipinski definition) is 1. The molecule has 1 N–H and O–H groups in total. The zero-order valence-electron chi connectivity index (χ0n) is 11.7. The van der Waals surface area contributed by atoms with Gasteiger partial charge in [0.25, 0.3) is 0 Å². The Bertz CT molecular complexity index is 336. The van der Waals surface area contributed by atoms with E-state index in [0.29, 0.717) is 17.9 Å². The quantitative estimate of drug-likeness (QED) is 0.791. The van der Waals surface area contributed by atoms with Crippen LogP contribution in [0, 0.1) is 11.8 Å². The number of nitrogens with one attached hydrogen (secondary N) is 1. The highest BCUT2D eigenvalue weighted by atomic mass is 16.2.